The summed E-state index contributed by atoms with van der Waals surface area (Å²) in [5, 5.41) is 2.99. The van der Waals surface area contributed by atoms with Crippen LogP contribution >= 0.6 is 11.6 Å². The van der Waals surface area contributed by atoms with Crippen LogP contribution in [0.1, 0.15) is 44.9 Å². The predicted molar refractivity (Wildman–Crippen MR) is 92.1 cm³/mol. The Morgan fingerprint density at radius 2 is 1.92 bits per heavy atom. The number of carbonyl (C=O) groups excluding carboxylic acids is 2. The van der Waals surface area contributed by atoms with Crippen molar-refractivity contribution in [2.75, 3.05) is 13.7 Å². The number of esters is 1. The maximum atomic E-state index is 13.0. The second kappa shape index (κ2) is 9.04. The summed E-state index contributed by atoms with van der Waals surface area (Å²) in [7, 11) is 1.33. The first-order valence-electron chi connectivity index (χ1n) is 8.44. The van der Waals surface area contributed by atoms with E-state index in [2.05, 4.69) is 5.32 Å². The highest BCUT2D eigenvalue weighted by Gasteiger charge is 2.40. The minimum atomic E-state index is -0.949. The highest BCUT2D eigenvalue weighted by molar-refractivity contribution is 6.32. The van der Waals surface area contributed by atoms with Crippen molar-refractivity contribution in [3.8, 4) is 5.75 Å². The fourth-order valence-electron chi connectivity index (χ4n) is 3.08. The zero-order valence-corrected chi connectivity index (χ0v) is 15.0. The Bertz CT molecular complexity index is 615. The van der Waals surface area contributed by atoms with Crippen LogP contribution < -0.4 is 10.1 Å². The highest BCUT2D eigenvalue weighted by Crippen LogP contribution is 2.29. The fourth-order valence-corrected chi connectivity index (χ4v) is 3.30. The number of ether oxygens (including phenoxy) is 2. The van der Waals surface area contributed by atoms with E-state index in [1.807, 2.05) is 0 Å². The van der Waals surface area contributed by atoms with Crippen LogP contribution in [0.15, 0.2) is 18.2 Å². The molecule has 138 valence electrons. The summed E-state index contributed by atoms with van der Waals surface area (Å²) in [6.45, 7) is 0.0778. The van der Waals surface area contributed by atoms with Gasteiger partial charge in [-0.15, -0.1) is 0 Å². The van der Waals surface area contributed by atoms with Crippen LogP contribution in [0.2, 0.25) is 5.02 Å². The predicted octanol–water partition coefficient (Wildman–Crippen LogP) is 3.63. The Labute approximate surface area is 151 Å². The molecule has 0 heterocycles. The van der Waals surface area contributed by atoms with Crippen molar-refractivity contribution in [3.05, 3.63) is 29.0 Å². The molecule has 0 bridgehead atoms. The van der Waals surface area contributed by atoms with Gasteiger partial charge in [-0.3, -0.25) is 4.79 Å². The lowest BCUT2D eigenvalue weighted by molar-refractivity contribution is -0.151. The number of amides is 1. The molecule has 1 saturated carbocycles. The van der Waals surface area contributed by atoms with E-state index in [1.165, 1.54) is 19.2 Å². The lowest BCUT2D eigenvalue weighted by Crippen LogP contribution is -2.55. The number of benzene rings is 1. The van der Waals surface area contributed by atoms with Crippen LogP contribution in [0.25, 0.3) is 0 Å². The van der Waals surface area contributed by atoms with Crippen molar-refractivity contribution in [2.45, 2.75) is 50.5 Å². The number of hydrogen-bond donors (Lipinski definition) is 1. The molecule has 0 radical (unpaired) electrons. The Balaban J connectivity index is 1.91. The van der Waals surface area contributed by atoms with Crippen molar-refractivity contribution in [2.24, 2.45) is 0 Å². The number of nitrogens with one attached hydrogen (secondary N) is 1. The lowest BCUT2D eigenvalue weighted by Gasteiger charge is -2.30. The zero-order chi connectivity index (χ0) is 18.3. The van der Waals surface area contributed by atoms with Crippen molar-refractivity contribution < 1.29 is 23.5 Å². The summed E-state index contributed by atoms with van der Waals surface area (Å²) in [6, 6.07) is 3.80. The van der Waals surface area contributed by atoms with Crippen molar-refractivity contribution in [3.63, 3.8) is 0 Å². The molecular formula is C18H23ClFNO4. The van der Waals surface area contributed by atoms with Crippen molar-refractivity contribution >= 4 is 23.5 Å². The topological polar surface area (TPSA) is 64.6 Å². The summed E-state index contributed by atoms with van der Waals surface area (Å²) < 4.78 is 23.3. The first-order valence-corrected chi connectivity index (χ1v) is 8.82. The van der Waals surface area contributed by atoms with Gasteiger partial charge in [0, 0.05) is 0 Å². The van der Waals surface area contributed by atoms with E-state index >= 15 is 0 Å². The molecule has 5 nitrogen and oxygen atoms in total. The molecule has 1 aromatic rings. The smallest absolute Gasteiger partial charge is 0.331 e. The third-order valence-electron chi connectivity index (χ3n) is 4.39. The molecule has 7 heteroatoms. The lowest BCUT2D eigenvalue weighted by atomic mass is 9.90. The van der Waals surface area contributed by atoms with Gasteiger partial charge in [-0.2, -0.15) is 0 Å². The maximum absolute atomic E-state index is 13.0. The SMILES string of the molecule is COC(=O)C1(NC(=O)CCOc2ccc(F)cc2Cl)CCCCCC1. The van der Waals surface area contributed by atoms with Gasteiger partial charge in [0.25, 0.3) is 0 Å². The van der Waals surface area contributed by atoms with E-state index in [1.54, 1.807) is 0 Å². The third kappa shape index (κ3) is 5.33. The van der Waals surface area contributed by atoms with Gasteiger partial charge in [-0.1, -0.05) is 37.3 Å². The molecule has 1 aliphatic rings. The first kappa shape index (κ1) is 19.5. The van der Waals surface area contributed by atoms with Gasteiger partial charge in [-0.25, -0.2) is 9.18 Å². The summed E-state index contributed by atoms with van der Waals surface area (Å²) in [5.74, 6) is -0.827. The monoisotopic (exact) mass is 371 g/mol. The Morgan fingerprint density at radius 3 is 2.52 bits per heavy atom. The normalized spacial score (nSPS) is 16.6. The van der Waals surface area contributed by atoms with Gasteiger partial charge in [0.05, 0.1) is 25.2 Å². The molecule has 25 heavy (non-hydrogen) atoms. The van der Waals surface area contributed by atoms with E-state index < -0.39 is 17.3 Å². The standard InChI is InChI=1S/C18H23ClFNO4/c1-24-17(23)18(9-4-2-3-5-10-18)21-16(22)8-11-25-15-7-6-13(20)12-14(15)19/h6-7,12H,2-5,8-11H2,1H3,(H,21,22). The van der Waals surface area contributed by atoms with E-state index in [-0.39, 0.29) is 24.0 Å². The molecule has 0 saturated heterocycles. The maximum Gasteiger partial charge on any atom is 0.331 e. The second-order valence-electron chi connectivity index (χ2n) is 6.21. The first-order chi connectivity index (χ1) is 12.0. The van der Waals surface area contributed by atoms with Crippen LogP contribution in [-0.2, 0) is 14.3 Å². The van der Waals surface area contributed by atoms with E-state index in [0.29, 0.717) is 18.6 Å². The zero-order valence-electron chi connectivity index (χ0n) is 14.3. The molecule has 1 N–H and O–H groups in total. The van der Waals surface area contributed by atoms with Crippen molar-refractivity contribution in [1.82, 2.24) is 5.32 Å². The molecule has 1 aromatic carbocycles. The van der Waals surface area contributed by atoms with Crippen LogP contribution in [0.5, 0.6) is 5.75 Å². The number of carbonyl (C=O) groups is 2. The molecule has 1 amide bonds. The number of hydrogen-bond acceptors (Lipinski definition) is 4. The molecular weight excluding hydrogens is 349 g/mol. The van der Waals surface area contributed by atoms with Gasteiger partial charge in [0.15, 0.2) is 0 Å². The second-order valence-corrected chi connectivity index (χ2v) is 6.62. The van der Waals surface area contributed by atoms with Gasteiger partial charge in [0.2, 0.25) is 5.91 Å². The van der Waals surface area contributed by atoms with Gasteiger partial charge in [-0.05, 0) is 31.0 Å². The minimum Gasteiger partial charge on any atom is -0.491 e. The molecule has 2 rings (SSSR count). The molecule has 0 unspecified atom stereocenters. The average molecular weight is 372 g/mol. The molecule has 1 fully saturated rings. The number of rotatable bonds is 6. The average Bonchev–Trinajstić information content (AvgIpc) is 2.82. The minimum absolute atomic E-state index is 0.0620. The van der Waals surface area contributed by atoms with Crippen LogP contribution in [0.4, 0.5) is 4.39 Å². The van der Waals surface area contributed by atoms with Crippen LogP contribution in [0, 0.1) is 5.82 Å². The quantitative estimate of drug-likeness (QED) is 0.612. The van der Waals surface area contributed by atoms with E-state index in [9.17, 15) is 14.0 Å². The van der Waals surface area contributed by atoms with Crippen LogP contribution in [0.3, 0.4) is 0 Å². The number of methoxy groups -OCH3 is 1. The molecule has 0 aromatic heterocycles. The largest absolute Gasteiger partial charge is 0.491 e. The highest BCUT2D eigenvalue weighted by atomic mass is 35.5. The molecule has 0 spiro atoms. The molecule has 0 aliphatic heterocycles. The Kier molecular flexibility index (Phi) is 7.05. The summed E-state index contributed by atoms with van der Waals surface area (Å²) in [6.07, 6.45) is 5.05. The summed E-state index contributed by atoms with van der Waals surface area (Å²) >= 11 is 5.87. The van der Waals surface area contributed by atoms with Crippen molar-refractivity contribution in [1.29, 1.82) is 0 Å². The summed E-state index contributed by atoms with van der Waals surface area (Å²) in [5.41, 5.74) is -0.949. The molecule has 0 atom stereocenters. The Hall–Kier alpha value is -1.82. The van der Waals surface area contributed by atoms with Gasteiger partial charge in [0.1, 0.15) is 17.1 Å². The number of halogens is 2. The Morgan fingerprint density at radius 1 is 1.24 bits per heavy atom. The third-order valence-corrected chi connectivity index (χ3v) is 4.69. The fraction of sp³-hybridized carbons (Fsp3) is 0.556. The van der Waals surface area contributed by atoms with Gasteiger partial charge < -0.3 is 14.8 Å². The van der Waals surface area contributed by atoms with Gasteiger partial charge >= 0.3 is 5.97 Å². The summed E-state index contributed by atoms with van der Waals surface area (Å²) in [4.78, 5) is 24.5. The molecule has 1 aliphatic carbocycles. The van der Waals surface area contributed by atoms with E-state index in [0.717, 1.165) is 31.7 Å². The van der Waals surface area contributed by atoms with E-state index in [4.69, 9.17) is 21.1 Å². The van der Waals surface area contributed by atoms with Crippen LogP contribution in [-0.4, -0.2) is 31.1 Å².